The van der Waals surface area contributed by atoms with Crippen LogP contribution < -0.4 is 0 Å². The maximum absolute atomic E-state index is 11.6. The van der Waals surface area contributed by atoms with E-state index in [2.05, 4.69) is 0 Å². The summed E-state index contributed by atoms with van der Waals surface area (Å²) in [6.45, 7) is 0. The van der Waals surface area contributed by atoms with E-state index in [-0.39, 0.29) is 5.88 Å². The van der Waals surface area contributed by atoms with Crippen LogP contribution in [0.3, 0.4) is 0 Å². The van der Waals surface area contributed by atoms with Crippen LogP contribution in [-0.4, -0.2) is 15.9 Å². The van der Waals surface area contributed by atoms with Crippen LogP contribution in [0.25, 0.3) is 6.08 Å². The third kappa shape index (κ3) is 3.29. The molecule has 0 aliphatic rings. The fourth-order valence-corrected chi connectivity index (χ4v) is 1.41. The van der Waals surface area contributed by atoms with E-state index in [1.165, 1.54) is 30.5 Å². The Morgan fingerprint density at radius 2 is 1.79 bits per heavy atom. The van der Waals surface area contributed by atoms with E-state index in [9.17, 15) is 15.3 Å². The number of benzene rings is 1. The molecule has 0 unspecified atom stereocenters. The van der Waals surface area contributed by atoms with Gasteiger partial charge in [0.2, 0.25) is 5.69 Å². The van der Waals surface area contributed by atoms with E-state index in [1.54, 1.807) is 24.3 Å². The van der Waals surface area contributed by atoms with Crippen LogP contribution in [0, 0.1) is 15.3 Å². The van der Waals surface area contributed by atoms with Crippen LogP contribution in [0.2, 0.25) is 0 Å². The quantitative estimate of drug-likeness (QED) is 0.277. The number of rotatable bonds is 4. The van der Waals surface area contributed by atoms with E-state index in [0.717, 1.165) is 0 Å². The zero-order valence-electron chi connectivity index (χ0n) is 9.80. The van der Waals surface area contributed by atoms with Gasteiger partial charge in [-0.1, -0.05) is 18.2 Å². The first-order valence-electron chi connectivity index (χ1n) is 5.44. The van der Waals surface area contributed by atoms with E-state index < -0.39 is 4.92 Å². The third-order valence-corrected chi connectivity index (χ3v) is 2.29. The Morgan fingerprint density at radius 3 is 2.42 bits per heavy atom. The second-order valence-electron chi connectivity index (χ2n) is 3.60. The smallest absolute Gasteiger partial charge is 0.433 e. The summed E-state index contributed by atoms with van der Waals surface area (Å²) in [5, 5.41) is 22.0. The highest BCUT2D eigenvalue weighted by atomic mass is 16.6. The maximum Gasteiger partial charge on any atom is 0.433 e. The van der Waals surface area contributed by atoms with Crippen molar-refractivity contribution in [1.82, 2.24) is 0 Å². The Balaban J connectivity index is 2.08. The fourth-order valence-electron chi connectivity index (χ4n) is 1.41. The molecule has 0 N–H and O–H groups in total. The highest BCUT2D eigenvalue weighted by Gasteiger charge is 2.09. The van der Waals surface area contributed by atoms with Crippen molar-refractivity contribution in [2.24, 2.45) is 0 Å². The molecule has 0 spiro atoms. The number of hydrogen-bond acceptors (Lipinski definition) is 4. The minimum absolute atomic E-state index is 0.310. The topological polar surface area (TPSA) is 82.3 Å². The summed E-state index contributed by atoms with van der Waals surface area (Å²) in [7, 11) is 0. The fraction of sp³-hybridized carbons (Fsp3) is 0. The molecule has 0 saturated heterocycles. The first-order valence-corrected chi connectivity index (χ1v) is 5.44. The molecule has 2 rings (SSSR count). The van der Waals surface area contributed by atoms with Crippen molar-refractivity contribution in [1.29, 1.82) is 0 Å². The molecule has 2 aromatic rings. The summed E-state index contributed by atoms with van der Waals surface area (Å²) < 4.78 is 5.59. The first-order chi connectivity index (χ1) is 9.16. The second kappa shape index (κ2) is 5.63. The molecule has 1 heterocycles. The number of para-hydroxylation sites is 1. The molecule has 0 amide bonds. The second-order valence-corrected chi connectivity index (χ2v) is 3.60. The Morgan fingerprint density at radius 1 is 1.05 bits per heavy atom. The van der Waals surface area contributed by atoms with Crippen LogP contribution in [0.1, 0.15) is 5.76 Å². The van der Waals surface area contributed by atoms with Gasteiger partial charge in [-0.2, -0.15) is 4.74 Å². The van der Waals surface area contributed by atoms with Crippen molar-refractivity contribution in [3.05, 3.63) is 69.6 Å². The summed E-state index contributed by atoms with van der Waals surface area (Å²) in [5.41, 5.74) is 0.498. The molecule has 1 aromatic heterocycles. The molecular formula is C13H10N2O4. The molecule has 6 heteroatoms. The Hall–Kier alpha value is -2.89. The van der Waals surface area contributed by atoms with Crippen LogP contribution >= 0.6 is 0 Å². The largest absolute Gasteiger partial charge is 0.618 e. The lowest BCUT2D eigenvalue weighted by atomic mass is 10.3. The van der Waals surface area contributed by atoms with Gasteiger partial charge in [-0.15, -0.1) is 0 Å². The Bertz CT molecular complexity index is 629. The Labute approximate surface area is 108 Å². The normalized spacial score (nSPS) is 11.9. The van der Waals surface area contributed by atoms with Gasteiger partial charge in [-0.3, -0.25) is 10.1 Å². The van der Waals surface area contributed by atoms with Crippen molar-refractivity contribution in [2.45, 2.75) is 0 Å². The molecular weight excluding hydrogens is 248 g/mol. The third-order valence-electron chi connectivity index (χ3n) is 2.29. The van der Waals surface area contributed by atoms with Gasteiger partial charge in [0.25, 0.3) is 0 Å². The van der Waals surface area contributed by atoms with Crippen LogP contribution in [-0.2, 0) is 0 Å². The van der Waals surface area contributed by atoms with Crippen molar-refractivity contribution >= 4 is 23.9 Å². The predicted octanol–water partition coefficient (Wildman–Crippen LogP) is 3.11. The number of nitro groups is 1. The van der Waals surface area contributed by atoms with Crippen molar-refractivity contribution in [3.63, 3.8) is 0 Å². The van der Waals surface area contributed by atoms with Crippen molar-refractivity contribution in [2.75, 3.05) is 0 Å². The van der Waals surface area contributed by atoms with Crippen molar-refractivity contribution in [3.8, 4) is 0 Å². The minimum atomic E-state index is -0.620. The first kappa shape index (κ1) is 12.6. The SMILES string of the molecule is O=[N+]([O-])c1ccc(/C=C/C=[N+](\[O-])c2ccccc2)o1. The van der Waals surface area contributed by atoms with Gasteiger partial charge >= 0.3 is 5.88 Å². The van der Waals surface area contributed by atoms with Gasteiger partial charge in [-0.05, 0) is 12.1 Å². The predicted molar refractivity (Wildman–Crippen MR) is 70.2 cm³/mol. The lowest BCUT2D eigenvalue weighted by Crippen LogP contribution is -1.94. The summed E-state index contributed by atoms with van der Waals surface area (Å²) in [6.07, 6.45) is 4.23. The number of furan rings is 1. The van der Waals surface area contributed by atoms with E-state index in [0.29, 0.717) is 16.2 Å². The molecule has 0 aliphatic heterocycles. The highest BCUT2D eigenvalue weighted by molar-refractivity contribution is 5.74. The van der Waals surface area contributed by atoms with E-state index in [1.807, 2.05) is 6.07 Å². The van der Waals surface area contributed by atoms with Crippen molar-refractivity contribution < 1.29 is 14.1 Å². The van der Waals surface area contributed by atoms with Gasteiger partial charge in [0.15, 0.2) is 6.21 Å². The van der Waals surface area contributed by atoms with E-state index >= 15 is 0 Å². The molecule has 0 fully saturated rings. The molecule has 0 radical (unpaired) electrons. The molecule has 0 bridgehead atoms. The molecule has 0 atom stereocenters. The van der Waals surface area contributed by atoms with Gasteiger partial charge in [0.1, 0.15) is 10.7 Å². The number of hydrogen-bond donors (Lipinski definition) is 0. The maximum atomic E-state index is 11.6. The van der Waals surface area contributed by atoms with Gasteiger partial charge in [0.05, 0.1) is 6.07 Å². The average molecular weight is 258 g/mol. The monoisotopic (exact) mass is 258 g/mol. The van der Waals surface area contributed by atoms with Crippen LogP contribution in [0.5, 0.6) is 0 Å². The van der Waals surface area contributed by atoms with Gasteiger partial charge in [-0.25, -0.2) is 0 Å². The van der Waals surface area contributed by atoms with E-state index in [4.69, 9.17) is 4.42 Å². The zero-order chi connectivity index (χ0) is 13.7. The molecule has 1 aromatic carbocycles. The summed E-state index contributed by atoms with van der Waals surface area (Å²) in [5.74, 6) is -0.0221. The zero-order valence-corrected chi connectivity index (χ0v) is 9.80. The average Bonchev–Trinajstić information content (AvgIpc) is 2.89. The van der Waals surface area contributed by atoms with Gasteiger partial charge < -0.3 is 9.62 Å². The molecule has 0 saturated carbocycles. The van der Waals surface area contributed by atoms with Gasteiger partial charge in [0, 0.05) is 18.2 Å². The summed E-state index contributed by atoms with van der Waals surface area (Å²) >= 11 is 0. The Kier molecular flexibility index (Phi) is 3.72. The highest BCUT2D eigenvalue weighted by Crippen LogP contribution is 2.16. The lowest BCUT2D eigenvalue weighted by Gasteiger charge is -1.99. The van der Waals surface area contributed by atoms with Crippen LogP contribution in [0.15, 0.2) is 53.0 Å². The minimum Gasteiger partial charge on any atom is -0.618 e. The number of nitrogens with zero attached hydrogens (tertiary/aromatic N) is 2. The molecule has 96 valence electrons. The summed E-state index contributed by atoms with van der Waals surface area (Å²) in [4.78, 5) is 9.78. The number of allylic oxidation sites excluding steroid dienone is 1. The standard InChI is InChI=1S/C13H10N2O4/c16-14(11-5-2-1-3-6-11)10-4-7-12-8-9-13(19-12)15(17)18/h1-10H/b7-4+,14-10-. The van der Waals surface area contributed by atoms with Crippen LogP contribution in [0.4, 0.5) is 11.6 Å². The molecule has 0 aliphatic carbocycles. The summed E-state index contributed by atoms with van der Waals surface area (Å²) in [6, 6.07) is 11.4. The molecule has 6 nitrogen and oxygen atoms in total. The lowest BCUT2D eigenvalue weighted by molar-refractivity contribution is -0.402. The molecule has 19 heavy (non-hydrogen) atoms.